The Kier molecular flexibility index (Phi) is 7.59. The van der Waals surface area contributed by atoms with Crippen molar-refractivity contribution in [1.82, 2.24) is 4.90 Å². The summed E-state index contributed by atoms with van der Waals surface area (Å²) >= 11 is 5.90. The van der Waals surface area contributed by atoms with E-state index in [-0.39, 0.29) is 12.5 Å². The van der Waals surface area contributed by atoms with Crippen molar-refractivity contribution < 1.29 is 14.3 Å². The van der Waals surface area contributed by atoms with Crippen molar-refractivity contribution >= 4 is 17.5 Å². The molecule has 0 aliphatic heterocycles. The van der Waals surface area contributed by atoms with Crippen molar-refractivity contribution in [2.75, 3.05) is 26.8 Å². The molecule has 0 fully saturated rings. The molecule has 2 aromatic carbocycles. The maximum Gasteiger partial charge on any atom is 0.248 e. The van der Waals surface area contributed by atoms with Gasteiger partial charge in [0.15, 0.2) is 0 Å². The second-order valence-corrected chi connectivity index (χ2v) is 5.89. The SMILES string of the molecule is CN(CCCOc1cccc(Cl)c1)C(=O)COCc1ccccc1. The topological polar surface area (TPSA) is 38.8 Å². The summed E-state index contributed by atoms with van der Waals surface area (Å²) in [6, 6.07) is 17.1. The highest BCUT2D eigenvalue weighted by Crippen LogP contribution is 2.17. The monoisotopic (exact) mass is 347 g/mol. The van der Waals surface area contributed by atoms with Crippen molar-refractivity contribution in [3.63, 3.8) is 0 Å². The first-order valence-electron chi connectivity index (χ1n) is 7.89. The van der Waals surface area contributed by atoms with Crippen molar-refractivity contribution in [3.8, 4) is 5.75 Å². The number of carbonyl (C=O) groups excluding carboxylic acids is 1. The van der Waals surface area contributed by atoms with Crippen molar-refractivity contribution in [2.24, 2.45) is 0 Å². The maximum absolute atomic E-state index is 12.0. The minimum absolute atomic E-state index is 0.0336. The van der Waals surface area contributed by atoms with Gasteiger partial charge in [0, 0.05) is 18.6 Å². The van der Waals surface area contributed by atoms with E-state index in [1.807, 2.05) is 42.5 Å². The summed E-state index contributed by atoms with van der Waals surface area (Å²) in [5.74, 6) is 0.705. The van der Waals surface area contributed by atoms with Crippen LogP contribution in [0.4, 0.5) is 0 Å². The zero-order chi connectivity index (χ0) is 17.2. The highest BCUT2D eigenvalue weighted by molar-refractivity contribution is 6.30. The van der Waals surface area contributed by atoms with Crippen LogP contribution in [0.1, 0.15) is 12.0 Å². The summed E-state index contributed by atoms with van der Waals surface area (Å²) in [5, 5.41) is 0.648. The maximum atomic E-state index is 12.0. The third-order valence-electron chi connectivity index (χ3n) is 3.47. The molecule has 2 rings (SSSR count). The van der Waals surface area contributed by atoms with Crippen LogP contribution < -0.4 is 4.74 Å². The molecule has 0 aliphatic carbocycles. The van der Waals surface area contributed by atoms with Gasteiger partial charge in [-0.15, -0.1) is 0 Å². The van der Waals surface area contributed by atoms with Gasteiger partial charge in [-0.05, 0) is 30.2 Å². The van der Waals surface area contributed by atoms with Crippen molar-refractivity contribution in [1.29, 1.82) is 0 Å². The molecule has 0 heterocycles. The minimum atomic E-state index is -0.0336. The summed E-state index contributed by atoms with van der Waals surface area (Å²) < 4.78 is 11.1. The van der Waals surface area contributed by atoms with Gasteiger partial charge >= 0.3 is 0 Å². The molecule has 0 saturated heterocycles. The van der Waals surface area contributed by atoms with Crippen LogP contribution in [0.25, 0.3) is 0 Å². The summed E-state index contributed by atoms with van der Waals surface area (Å²) in [6.45, 7) is 1.68. The van der Waals surface area contributed by atoms with Crippen LogP contribution in [0.15, 0.2) is 54.6 Å². The van der Waals surface area contributed by atoms with Crippen LogP contribution in [-0.2, 0) is 16.1 Å². The Hall–Kier alpha value is -2.04. The Morgan fingerprint density at radius 3 is 2.67 bits per heavy atom. The van der Waals surface area contributed by atoms with Gasteiger partial charge in [0.25, 0.3) is 0 Å². The molecule has 2 aromatic rings. The third kappa shape index (κ3) is 6.60. The summed E-state index contributed by atoms with van der Waals surface area (Å²) in [4.78, 5) is 13.6. The van der Waals surface area contributed by atoms with Crippen LogP contribution in [-0.4, -0.2) is 37.6 Å². The molecule has 0 N–H and O–H groups in total. The Morgan fingerprint density at radius 1 is 1.12 bits per heavy atom. The number of benzene rings is 2. The Bertz CT molecular complexity index is 634. The van der Waals surface area contributed by atoms with E-state index in [0.29, 0.717) is 24.8 Å². The molecule has 4 nitrogen and oxygen atoms in total. The number of amides is 1. The van der Waals surface area contributed by atoms with Gasteiger partial charge in [-0.1, -0.05) is 48.0 Å². The lowest BCUT2D eigenvalue weighted by molar-refractivity contribution is -0.135. The molecule has 24 heavy (non-hydrogen) atoms. The molecule has 128 valence electrons. The van der Waals surface area contributed by atoms with Gasteiger partial charge < -0.3 is 14.4 Å². The average Bonchev–Trinajstić information content (AvgIpc) is 2.59. The molecule has 0 aliphatic rings. The fourth-order valence-electron chi connectivity index (χ4n) is 2.11. The zero-order valence-electron chi connectivity index (χ0n) is 13.8. The molecular weight excluding hydrogens is 326 g/mol. The molecule has 5 heteroatoms. The summed E-state index contributed by atoms with van der Waals surface area (Å²) in [7, 11) is 1.77. The first kappa shape index (κ1) is 18.3. The number of carbonyl (C=O) groups is 1. The van der Waals surface area contributed by atoms with Gasteiger partial charge in [-0.25, -0.2) is 0 Å². The Balaban J connectivity index is 1.59. The fourth-order valence-corrected chi connectivity index (χ4v) is 2.29. The van der Waals surface area contributed by atoms with Crippen molar-refractivity contribution in [2.45, 2.75) is 13.0 Å². The standard InChI is InChI=1S/C19H22ClNO3/c1-21(11-6-12-24-18-10-5-9-17(20)13-18)19(22)15-23-14-16-7-3-2-4-8-16/h2-5,7-10,13H,6,11-12,14-15H2,1H3. The zero-order valence-corrected chi connectivity index (χ0v) is 14.5. The number of ether oxygens (including phenoxy) is 2. The van der Waals surface area contributed by atoms with Crippen LogP contribution in [0.5, 0.6) is 5.75 Å². The van der Waals surface area contributed by atoms with Gasteiger partial charge in [-0.2, -0.15) is 0 Å². The Morgan fingerprint density at radius 2 is 1.92 bits per heavy atom. The minimum Gasteiger partial charge on any atom is -0.493 e. The fraction of sp³-hybridized carbons (Fsp3) is 0.316. The summed E-state index contributed by atoms with van der Waals surface area (Å²) in [6.07, 6.45) is 0.743. The lowest BCUT2D eigenvalue weighted by Crippen LogP contribution is -2.31. The first-order chi connectivity index (χ1) is 11.6. The number of hydrogen-bond donors (Lipinski definition) is 0. The number of nitrogens with zero attached hydrogens (tertiary/aromatic N) is 1. The normalized spacial score (nSPS) is 10.4. The molecule has 0 atom stereocenters. The lowest BCUT2D eigenvalue weighted by Gasteiger charge is -2.17. The molecule has 0 bridgehead atoms. The predicted molar refractivity (Wildman–Crippen MR) is 95.3 cm³/mol. The average molecular weight is 348 g/mol. The van der Waals surface area contributed by atoms with Crippen LogP contribution in [0, 0.1) is 0 Å². The largest absolute Gasteiger partial charge is 0.493 e. The van der Waals surface area contributed by atoms with E-state index >= 15 is 0 Å². The van der Waals surface area contributed by atoms with Gasteiger partial charge in [0.05, 0.1) is 13.2 Å². The highest BCUT2D eigenvalue weighted by atomic mass is 35.5. The van der Waals surface area contributed by atoms with Gasteiger partial charge in [0.2, 0.25) is 5.91 Å². The molecule has 0 aromatic heterocycles. The van der Waals surface area contributed by atoms with E-state index in [1.165, 1.54) is 0 Å². The van der Waals surface area contributed by atoms with E-state index in [9.17, 15) is 4.79 Å². The van der Waals surface area contributed by atoms with Crippen LogP contribution in [0.2, 0.25) is 5.02 Å². The quantitative estimate of drug-likeness (QED) is 0.648. The van der Waals surface area contributed by atoms with Gasteiger partial charge in [0.1, 0.15) is 12.4 Å². The second kappa shape index (κ2) is 9.96. The number of likely N-dealkylation sites (N-methyl/N-ethyl adjacent to an activating group) is 1. The Labute approximate surface area is 147 Å². The van der Waals surface area contributed by atoms with E-state index in [1.54, 1.807) is 24.1 Å². The number of halogens is 1. The number of rotatable bonds is 9. The summed E-state index contributed by atoms with van der Waals surface area (Å²) in [5.41, 5.74) is 1.06. The third-order valence-corrected chi connectivity index (χ3v) is 3.70. The molecule has 0 spiro atoms. The molecule has 0 saturated carbocycles. The number of hydrogen-bond acceptors (Lipinski definition) is 3. The van der Waals surface area contributed by atoms with E-state index < -0.39 is 0 Å². The van der Waals surface area contributed by atoms with E-state index in [0.717, 1.165) is 17.7 Å². The van der Waals surface area contributed by atoms with E-state index in [4.69, 9.17) is 21.1 Å². The molecular formula is C19H22ClNO3. The lowest BCUT2D eigenvalue weighted by atomic mass is 10.2. The van der Waals surface area contributed by atoms with Gasteiger partial charge in [-0.3, -0.25) is 4.79 Å². The predicted octanol–water partition coefficient (Wildman–Crippen LogP) is 3.78. The van der Waals surface area contributed by atoms with Crippen LogP contribution in [0.3, 0.4) is 0 Å². The molecule has 1 amide bonds. The van der Waals surface area contributed by atoms with Crippen LogP contribution >= 0.6 is 11.6 Å². The molecule has 0 radical (unpaired) electrons. The van der Waals surface area contributed by atoms with E-state index in [2.05, 4.69) is 0 Å². The first-order valence-corrected chi connectivity index (χ1v) is 8.27. The molecule has 0 unspecified atom stereocenters. The smallest absolute Gasteiger partial charge is 0.248 e. The highest BCUT2D eigenvalue weighted by Gasteiger charge is 2.08. The second-order valence-electron chi connectivity index (χ2n) is 5.45. The van der Waals surface area contributed by atoms with Crippen molar-refractivity contribution in [3.05, 3.63) is 65.2 Å².